The Morgan fingerprint density at radius 3 is 2.20 bits per heavy atom. The summed E-state index contributed by atoms with van der Waals surface area (Å²) in [5.74, 6) is 1.55. The van der Waals surface area contributed by atoms with Gasteiger partial charge in [-0.15, -0.1) is 0 Å². The van der Waals surface area contributed by atoms with Gasteiger partial charge in [0.15, 0.2) is 24.7 Å². The molecule has 348 valence electrons. The molecule has 9 N–H and O–H groups in total. The Bertz CT molecular complexity index is 1590. The SMILES string of the molecule is CC1CCC2(OC1)OC1CC3C4CC=C5CC(O)CC(O[C@H]6O[C@H](C)[C@H](O)[C@H](O[C@@H]7OC[C@@H](O)[C@H](O)[C@H]7O)[C@H]6O[C@H]6O[C@@H](CO)[C@H](O)[C@@H](O)[C@@H]6O)C5(C)C4CCC3(C)C1C2C. The molecule has 4 aliphatic carbocycles. The fraction of sp³-hybridized carbons (Fsp3) is 0.955. The fourth-order valence-corrected chi connectivity index (χ4v) is 13.8. The van der Waals surface area contributed by atoms with Crippen molar-refractivity contribution in [1.82, 2.24) is 0 Å². The number of rotatable bonds is 7. The van der Waals surface area contributed by atoms with E-state index >= 15 is 0 Å². The van der Waals surface area contributed by atoms with Crippen molar-refractivity contribution in [3.63, 3.8) is 0 Å². The molecule has 5 heterocycles. The van der Waals surface area contributed by atoms with Gasteiger partial charge in [-0.05, 0) is 80.5 Å². The van der Waals surface area contributed by atoms with Gasteiger partial charge in [-0.2, -0.15) is 0 Å². The molecule has 0 amide bonds. The molecule has 17 heteroatoms. The van der Waals surface area contributed by atoms with Crippen LogP contribution in [0, 0.1) is 46.3 Å². The predicted octanol–water partition coefficient (Wildman–Crippen LogP) is -0.176. The van der Waals surface area contributed by atoms with Gasteiger partial charge in [-0.3, -0.25) is 0 Å². The summed E-state index contributed by atoms with van der Waals surface area (Å²) in [6.07, 6.45) is -13.7. The molecule has 3 saturated carbocycles. The molecule has 0 aromatic carbocycles. The number of ether oxygens (including phenoxy) is 8. The van der Waals surface area contributed by atoms with Crippen molar-refractivity contribution in [2.24, 2.45) is 46.3 Å². The van der Waals surface area contributed by atoms with Crippen LogP contribution in [0.3, 0.4) is 0 Å². The molecule has 9 aliphatic rings. The normalized spacial score (nSPS) is 58.4. The maximum Gasteiger partial charge on any atom is 0.187 e. The first kappa shape index (κ1) is 45.2. The van der Waals surface area contributed by atoms with E-state index in [0.717, 1.165) is 50.7 Å². The van der Waals surface area contributed by atoms with E-state index in [-0.39, 0.29) is 36.4 Å². The van der Waals surface area contributed by atoms with Crippen molar-refractivity contribution in [1.29, 1.82) is 0 Å². The molecule has 17 nitrogen and oxygen atoms in total. The van der Waals surface area contributed by atoms with Crippen LogP contribution in [0.4, 0.5) is 0 Å². The van der Waals surface area contributed by atoms with Gasteiger partial charge < -0.3 is 83.9 Å². The largest absolute Gasteiger partial charge is 0.394 e. The van der Waals surface area contributed by atoms with Crippen molar-refractivity contribution in [2.75, 3.05) is 19.8 Å². The van der Waals surface area contributed by atoms with Crippen molar-refractivity contribution in [3.05, 3.63) is 11.6 Å². The number of aliphatic hydroxyl groups excluding tert-OH is 9. The summed E-state index contributed by atoms with van der Waals surface area (Å²) < 4.78 is 50.8. The van der Waals surface area contributed by atoms with Crippen LogP contribution in [0.2, 0.25) is 0 Å². The standard InChI is InChI=1S/C44H70O17/c1-18-8-11-44(55-16-18)19(2)30-27(61-44)14-25-23-7-6-21-12-22(46)13-29(43(21,5)24(23)9-10-42(25,30)4)58-41-38(60-40-36(53)34(51)33(50)28(15-45)57-40)37(31(48)20(3)56-41)59-39-35(52)32(49)26(47)17-54-39/h6,18-20,22-41,45-53H,7-17H2,1-5H3/t18?,19?,20-,22?,23?,24?,25?,26-,27?,28+,29?,30?,31+,32+,33+,34-,35-,36+,37+,38-,39+,40-,41-,42?,43?,44?/m1/s1. The van der Waals surface area contributed by atoms with Gasteiger partial charge in [-0.1, -0.05) is 39.3 Å². The quantitative estimate of drug-likeness (QED) is 0.151. The van der Waals surface area contributed by atoms with Gasteiger partial charge in [0.25, 0.3) is 0 Å². The number of hydrogen-bond donors (Lipinski definition) is 9. The molecule has 0 bridgehead atoms. The molecular formula is C44H70O17. The van der Waals surface area contributed by atoms with Crippen molar-refractivity contribution in [3.8, 4) is 0 Å². The summed E-state index contributed by atoms with van der Waals surface area (Å²) in [5, 5.41) is 96.9. The highest BCUT2D eigenvalue weighted by Crippen LogP contribution is 2.71. The van der Waals surface area contributed by atoms with Gasteiger partial charge >= 0.3 is 0 Å². The van der Waals surface area contributed by atoms with Crippen LogP contribution in [0.1, 0.15) is 86.0 Å². The topological polar surface area (TPSA) is 256 Å². The summed E-state index contributed by atoms with van der Waals surface area (Å²) in [6, 6.07) is 0. The highest BCUT2D eigenvalue weighted by Gasteiger charge is 2.70. The Labute approximate surface area is 357 Å². The van der Waals surface area contributed by atoms with Gasteiger partial charge in [0.2, 0.25) is 0 Å². The van der Waals surface area contributed by atoms with Crippen LogP contribution in [0.5, 0.6) is 0 Å². The Hall–Kier alpha value is -0.940. The Morgan fingerprint density at radius 2 is 1.48 bits per heavy atom. The zero-order valence-electron chi connectivity index (χ0n) is 35.9. The lowest BCUT2D eigenvalue weighted by molar-refractivity contribution is -0.392. The van der Waals surface area contributed by atoms with E-state index in [1.54, 1.807) is 6.92 Å². The van der Waals surface area contributed by atoms with Crippen LogP contribution in [0.15, 0.2) is 11.6 Å². The lowest BCUT2D eigenvalue weighted by Crippen LogP contribution is -2.67. The number of aliphatic hydroxyl groups is 9. The smallest absolute Gasteiger partial charge is 0.187 e. The lowest BCUT2D eigenvalue weighted by atomic mass is 9.46. The summed E-state index contributed by atoms with van der Waals surface area (Å²) in [7, 11) is 0. The number of hydrogen-bond acceptors (Lipinski definition) is 17. The van der Waals surface area contributed by atoms with Crippen LogP contribution >= 0.6 is 0 Å². The second-order valence-electron chi connectivity index (χ2n) is 20.7. The molecule has 61 heavy (non-hydrogen) atoms. The molecule has 0 radical (unpaired) electrons. The van der Waals surface area contributed by atoms with E-state index in [0.29, 0.717) is 30.1 Å². The average Bonchev–Trinajstić information content (AvgIpc) is 3.68. The molecule has 1 spiro atoms. The summed E-state index contributed by atoms with van der Waals surface area (Å²) >= 11 is 0. The third-order valence-electron chi connectivity index (χ3n) is 17.4. The van der Waals surface area contributed by atoms with E-state index in [9.17, 15) is 46.0 Å². The maximum absolute atomic E-state index is 11.6. The predicted molar refractivity (Wildman–Crippen MR) is 210 cm³/mol. The van der Waals surface area contributed by atoms with Gasteiger partial charge in [0, 0.05) is 24.2 Å². The summed E-state index contributed by atoms with van der Waals surface area (Å²) in [4.78, 5) is 0. The second-order valence-corrected chi connectivity index (χ2v) is 20.7. The first-order valence-electron chi connectivity index (χ1n) is 22.9. The molecule has 5 aliphatic heterocycles. The first-order chi connectivity index (χ1) is 28.9. The van der Waals surface area contributed by atoms with E-state index < -0.39 is 116 Å². The molecule has 8 fully saturated rings. The molecule has 26 atom stereocenters. The average molecular weight is 871 g/mol. The van der Waals surface area contributed by atoms with Crippen LogP contribution < -0.4 is 0 Å². The van der Waals surface area contributed by atoms with E-state index in [1.165, 1.54) is 0 Å². The number of allylic oxidation sites excluding steroid dienone is 1. The molecular weight excluding hydrogens is 800 g/mol. The summed E-state index contributed by atoms with van der Waals surface area (Å²) in [6.45, 7) is 10.5. The molecule has 9 rings (SSSR count). The van der Waals surface area contributed by atoms with Crippen LogP contribution in [0.25, 0.3) is 0 Å². The number of fused-ring (bicyclic) bond motifs is 7. The molecule has 5 saturated heterocycles. The highest BCUT2D eigenvalue weighted by atomic mass is 16.8. The zero-order valence-corrected chi connectivity index (χ0v) is 35.9. The van der Waals surface area contributed by atoms with Crippen LogP contribution in [-0.2, 0) is 37.9 Å². The van der Waals surface area contributed by atoms with E-state index in [2.05, 4.69) is 33.8 Å². The Morgan fingerprint density at radius 1 is 0.738 bits per heavy atom. The van der Waals surface area contributed by atoms with Crippen molar-refractivity contribution < 1.29 is 83.9 Å². The minimum Gasteiger partial charge on any atom is -0.394 e. The fourth-order valence-electron chi connectivity index (χ4n) is 13.8. The van der Waals surface area contributed by atoms with E-state index in [4.69, 9.17) is 37.9 Å². The monoisotopic (exact) mass is 870 g/mol. The molecule has 0 aromatic heterocycles. The highest BCUT2D eigenvalue weighted by molar-refractivity contribution is 5.29. The van der Waals surface area contributed by atoms with E-state index in [1.807, 2.05) is 0 Å². The van der Waals surface area contributed by atoms with Crippen molar-refractivity contribution >= 4 is 0 Å². The minimum absolute atomic E-state index is 0.0513. The summed E-state index contributed by atoms with van der Waals surface area (Å²) in [5.41, 5.74) is 0.602. The molecule has 12 unspecified atom stereocenters. The minimum atomic E-state index is -1.83. The van der Waals surface area contributed by atoms with Gasteiger partial charge in [-0.25, -0.2) is 0 Å². The second kappa shape index (κ2) is 16.7. The van der Waals surface area contributed by atoms with Gasteiger partial charge in [0.1, 0.15) is 61.0 Å². The van der Waals surface area contributed by atoms with Gasteiger partial charge in [0.05, 0.1) is 44.2 Å². The Balaban J connectivity index is 1.01. The first-order valence-corrected chi connectivity index (χ1v) is 22.9. The zero-order chi connectivity index (χ0) is 43.5. The third kappa shape index (κ3) is 7.32. The van der Waals surface area contributed by atoms with Crippen molar-refractivity contribution in [2.45, 2.75) is 196 Å². The van der Waals surface area contributed by atoms with Crippen LogP contribution in [-0.4, -0.2) is 176 Å². The maximum atomic E-state index is 11.6. The lowest BCUT2D eigenvalue weighted by Gasteiger charge is -2.60. The Kier molecular flexibility index (Phi) is 12.4. The molecule has 0 aromatic rings. The third-order valence-corrected chi connectivity index (χ3v) is 17.4.